The molecule has 0 aliphatic carbocycles. The second-order valence-electron chi connectivity index (χ2n) is 8.37. The third-order valence-corrected chi connectivity index (χ3v) is 8.34. The van der Waals surface area contributed by atoms with Gasteiger partial charge >= 0.3 is 0 Å². The zero-order valence-electron chi connectivity index (χ0n) is 19.5. The normalized spacial score (nSPS) is 11.9. The van der Waals surface area contributed by atoms with E-state index in [-0.39, 0.29) is 17.3 Å². The maximum Gasteiger partial charge on any atom is 0.260 e. The molecule has 1 amide bonds. The first kappa shape index (κ1) is 24.0. The maximum absolute atomic E-state index is 13.6. The molecule has 2 aromatic heterocycles. The minimum Gasteiger partial charge on any atom is -0.278 e. The average Bonchev–Trinajstić information content (AvgIpc) is 3.26. The van der Waals surface area contributed by atoms with Crippen LogP contribution >= 0.6 is 11.3 Å². The summed E-state index contributed by atoms with van der Waals surface area (Å²) in [7, 11) is -0.635. The molecule has 34 heavy (non-hydrogen) atoms. The quantitative estimate of drug-likeness (QED) is 0.364. The molecule has 9 heteroatoms. The fourth-order valence-electron chi connectivity index (χ4n) is 3.56. The molecular weight excluding hydrogens is 468 g/mol. The molecular formula is C25H26N4O3S2. The number of para-hydroxylation sites is 1. The molecule has 7 nitrogen and oxygen atoms in total. The van der Waals surface area contributed by atoms with Crippen molar-refractivity contribution in [2.45, 2.75) is 31.2 Å². The van der Waals surface area contributed by atoms with E-state index in [0.29, 0.717) is 16.6 Å². The van der Waals surface area contributed by atoms with Crippen molar-refractivity contribution in [1.29, 1.82) is 0 Å². The summed E-state index contributed by atoms with van der Waals surface area (Å²) in [5.74, 6) is 0.0226. The molecule has 0 N–H and O–H groups in total. The topological polar surface area (TPSA) is 83.5 Å². The Morgan fingerprint density at radius 3 is 2.35 bits per heavy atom. The maximum atomic E-state index is 13.6. The van der Waals surface area contributed by atoms with Crippen LogP contribution < -0.4 is 4.90 Å². The van der Waals surface area contributed by atoms with Crippen LogP contribution in [0.1, 0.15) is 41.4 Å². The number of hydrogen-bond donors (Lipinski definition) is 0. The lowest BCUT2D eigenvalue weighted by molar-refractivity contribution is 0.0984. The molecule has 0 unspecified atom stereocenters. The van der Waals surface area contributed by atoms with E-state index in [9.17, 15) is 13.2 Å². The zero-order valence-corrected chi connectivity index (χ0v) is 21.1. The van der Waals surface area contributed by atoms with Gasteiger partial charge in [-0.05, 0) is 53.9 Å². The van der Waals surface area contributed by atoms with Crippen molar-refractivity contribution >= 4 is 42.6 Å². The fourth-order valence-corrected chi connectivity index (χ4v) is 5.46. The first-order valence-electron chi connectivity index (χ1n) is 10.8. The third kappa shape index (κ3) is 4.72. The van der Waals surface area contributed by atoms with Gasteiger partial charge in [-0.25, -0.2) is 17.7 Å². The summed E-state index contributed by atoms with van der Waals surface area (Å²) in [5.41, 5.74) is 3.12. The molecule has 4 aromatic rings. The molecule has 0 fully saturated rings. The smallest absolute Gasteiger partial charge is 0.260 e. The van der Waals surface area contributed by atoms with E-state index < -0.39 is 10.0 Å². The standard InChI is InChI=1S/C25H26N4O3S2/c1-17(2)21-9-7-10-22-23(21)27-25(33-22)29(16-19-8-5-6-15-26-19)24(30)18-11-13-20(14-12-18)34(31,32)28(3)4/h5-15,17H,16H2,1-4H3. The number of carbonyl (C=O) groups excluding carboxylic acids is 1. The van der Waals surface area contributed by atoms with Gasteiger partial charge in [-0.2, -0.15) is 0 Å². The van der Waals surface area contributed by atoms with Crippen molar-refractivity contribution in [2.24, 2.45) is 0 Å². The van der Waals surface area contributed by atoms with Crippen molar-refractivity contribution in [3.8, 4) is 0 Å². The number of nitrogens with zero attached hydrogens (tertiary/aromatic N) is 4. The Balaban J connectivity index is 1.76. The van der Waals surface area contributed by atoms with Crippen LogP contribution in [0.2, 0.25) is 0 Å². The van der Waals surface area contributed by atoms with Crippen LogP contribution in [-0.2, 0) is 16.6 Å². The van der Waals surface area contributed by atoms with Gasteiger partial charge in [0.15, 0.2) is 5.13 Å². The van der Waals surface area contributed by atoms with Gasteiger partial charge < -0.3 is 0 Å². The lowest BCUT2D eigenvalue weighted by atomic mass is 10.0. The second-order valence-corrected chi connectivity index (χ2v) is 11.5. The van der Waals surface area contributed by atoms with E-state index in [0.717, 1.165) is 25.8 Å². The predicted molar refractivity (Wildman–Crippen MR) is 136 cm³/mol. The van der Waals surface area contributed by atoms with Gasteiger partial charge in [0.1, 0.15) is 0 Å². The molecule has 0 spiro atoms. The number of carbonyl (C=O) groups is 1. The monoisotopic (exact) mass is 494 g/mol. The number of sulfonamides is 1. The molecule has 4 rings (SSSR count). The molecule has 0 radical (unpaired) electrons. The van der Waals surface area contributed by atoms with Crippen LogP contribution in [0.5, 0.6) is 0 Å². The predicted octanol–water partition coefficient (Wildman–Crippen LogP) is 4.91. The summed E-state index contributed by atoms with van der Waals surface area (Å²) in [6, 6.07) is 17.6. The average molecular weight is 495 g/mol. The Bertz CT molecular complexity index is 1410. The van der Waals surface area contributed by atoms with Crippen LogP contribution in [0.4, 0.5) is 5.13 Å². The van der Waals surface area contributed by atoms with Crippen LogP contribution in [-0.4, -0.2) is 42.7 Å². The molecule has 0 atom stereocenters. The number of anilines is 1. The van der Waals surface area contributed by atoms with Gasteiger partial charge in [0.25, 0.3) is 5.91 Å². The number of benzene rings is 2. The highest BCUT2D eigenvalue weighted by molar-refractivity contribution is 7.89. The number of amides is 1. The van der Waals surface area contributed by atoms with Crippen molar-refractivity contribution in [2.75, 3.05) is 19.0 Å². The van der Waals surface area contributed by atoms with Crippen molar-refractivity contribution < 1.29 is 13.2 Å². The molecule has 2 aromatic carbocycles. The number of aromatic nitrogens is 2. The van der Waals surface area contributed by atoms with Crippen LogP contribution in [0.15, 0.2) is 71.8 Å². The fraction of sp³-hybridized carbons (Fsp3) is 0.240. The molecule has 0 saturated carbocycles. The summed E-state index contributed by atoms with van der Waals surface area (Å²) >= 11 is 1.45. The van der Waals surface area contributed by atoms with Crippen LogP contribution in [0.3, 0.4) is 0 Å². The van der Waals surface area contributed by atoms with E-state index in [1.807, 2.05) is 30.3 Å². The Hall–Kier alpha value is -3.14. The van der Waals surface area contributed by atoms with E-state index in [2.05, 4.69) is 24.9 Å². The molecule has 0 aliphatic heterocycles. The lowest BCUT2D eigenvalue weighted by Crippen LogP contribution is -2.30. The summed E-state index contributed by atoms with van der Waals surface area (Å²) in [5, 5.41) is 0.573. The summed E-state index contributed by atoms with van der Waals surface area (Å²) in [6.45, 7) is 4.48. The van der Waals surface area contributed by atoms with Crippen molar-refractivity contribution in [3.05, 3.63) is 83.7 Å². The zero-order chi connectivity index (χ0) is 24.5. The first-order chi connectivity index (χ1) is 16.2. The lowest BCUT2D eigenvalue weighted by Gasteiger charge is -2.20. The Labute approximate surface area is 203 Å². The highest BCUT2D eigenvalue weighted by Gasteiger charge is 2.24. The van der Waals surface area contributed by atoms with Gasteiger partial charge in [0.2, 0.25) is 10.0 Å². The molecule has 0 aliphatic rings. The highest BCUT2D eigenvalue weighted by atomic mass is 32.2. The van der Waals surface area contributed by atoms with Crippen molar-refractivity contribution in [3.63, 3.8) is 0 Å². The largest absolute Gasteiger partial charge is 0.278 e. The Kier molecular flexibility index (Phi) is 6.79. The minimum atomic E-state index is -3.58. The van der Waals surface area contributed by atoms with Gasteiger partial charge in [0.05, 0.1) is 27.4 Å². The molecule has 176 valence electrons. The Morgan fingerprint density at radius 1 is 1.00 bits per heavy atom. The summed E-state index contributed by atoms with van der Waals surface area (Å²) in [6.07, 6.45) is 1.69. The van der Waals surface area contributed by atoms with Crippen molar-refractivity contribution in [1.82, 2.24) is 14.3 Å². The Morgan fingerprint density at radius 2 is 1.74 bits per heavy atom. The first-order valence-corrected chi connectivity index (χ1v) is 13.1. The number of fused-ring (bicyclic) bond motifs is 1. The van der Waals surface area contributed by atoms with Gasteiger partial charge in [-0.1, -0.05) is 43.4 Å². The molecule has 0 bridgehead atoms. The molecule has 0 saturated heterocycles. The van der Waals surface area contributed by atoms with E-state index in [1.165, 1.54) is 49.7 Å². The SMILES string of the molecule is CC(C)c1cccc2sc(N(Cc3ccccn3)C(=O)c3ccc(S(=O)(=O)N(C)C)cc3)nc12. The highest BCUT2D eigenvalue weighted by Crippen LogP contribution is 2.34. The number of thiazole rings is 1. The number of hydrogen-bond acceptors (Lipinski definition) is 6. The van der Waals surface area contributed by atoms with Crippen LogP contribution in [0.25, 0.3) is 10.2 Å². The number of rotatable bonds is 7. The van der Waals surface area contributed by atoms with Gasteiger partial charge in [0, 0.05) is 25.9 Å². The minimum absolute atomic E-state index is 0.131. The summed E-state index contributed by atoms with van der Waals surface area (Å²) in [4.78, 5) is 24.6. The van der Waals surface area contributed by atoms with E-state index in [1.54, 1.807) is 11.1 Å². The number of pyridine rings is 1. The van der Waals surface area contributed by atoms with Crippen LogP contribution in [0, 0.1) is 0 Å². The summed E-state index contributed by atoms with van der Waals surface area (Å²) < 4.78 is 27.0. The van der Waals surface area contributed by atoms with Gasteiger partial charge in [-0.3, -0.25) is 14.7 Å². The molecule has 2 heterocycles. The third-order valence-electron chi connectivity index (χ3n) is 5.46. The second kappa shape index (κ2) is 9.61. The van der Waals surface area contributed by atoms with E-state index >= 15 is 0 Å². The van der Waals surface area contributed by atoms with Gasteiger partial charge in [-0.15, -0.1) is 0 Å². The van der Waals surface area contributed by atoms with E-state index in [4.69, 9.17) is 4.98 Å².